The van der Waals surface area contributed by atoms with E-state index in [0.29, 0.717) is 6.42 Å². The van der Waals surface area contributed by atoms with Gasteiger partial charge >= 0.3 is 0 Å². The van der Waals surface area contributed by atoms with Crippen LogP contribution in [0.2, 0.25) is 0 Å². The Morgan fingerprint density at radius 3 is 2.48 bits per heavy atom. The molecule has 3 rings (SSSR count). The van der Waals surface area contributed by atoms with E-state index >= 15 is 0 Å². The minimum Gasteiger partial charge on any atom is -0.294 e. The average molecular weight is 304 g/mol. The van der Waals surface area contributed by atoms with Crippen LogP contribution in [-0.4, -0.2) is 5.78 Å². The predicted molar refractivity (Wildman–Crippen MR) is 98.0 cm³/mol. The highest BCUT2D eigenvalue weighted by Crippen LogP contribution is 2.38. The van der Waals surface area contributed by atoms with Crippen molar-refractivity contribution in [2.24, 2.45) is 5.41 Å². The minimum absolute atomic E-state index is 0.136. The van der Waals surface area contributed by atoms with Gasteiger partial charge in [0.05, 0.1) is 0 Å². The molecule has 1 aliphatic carbocycles. The lowest BCUT2D eigenvalue weighted by Gasteiger charge is -2.19. The molecule has 0 aromatic heterocycles. The third-order valence-electron chi connectivity index (χ3n) is 4.63. The molecule has 0 fully saturated rings. The number of rotatable bonds is 3. The van der Waals surface area contributed by atoms with Crippen LogP contribution in [0.15, 0.2) is 60.2 Å². The van der Waals surface area contributed by atoms with Crippen molar-refractivity contribution in [2.75, 3.05) is 0 Å². The summed E-state index contributed by atoms with van der Waals surface area (Å²) < 4.78 is 0. The lowest BCUT2D eigenvalue weighted by Crippen LogP contribution is -2.07. The first-order valence-corrected chi connectivity index (χ1v) is 8.37. The van der Waals surface area contributed by atoms with Crippen molar-refractivity contribution in [2.45, 2.75) is 40.0 Å². The van der Waals surface area contributed by atoms with Crippen LogP contribution in [0.5, 0.6) is 0 Å². The summed E-state index contributed by atoms with van der Waals surface area (Å²) in [4.78, 5) is 12.6. The van der Waals surface area contributed by atoms with Crippen molar-refractivity contribution in [3.63, 3.8) is 0 Å². The molecular formula is C22H24O. The van der Waals surface area contributed by atoms with Gasteiger partial charge < -0.3 is 0 Å². The van der Waals surface area contributed by atoms with Crippen molar-refractivity contribution in [3.05, 3.63) is 71.3 Å². The number of hydrogen-bond acceptors (Lipinski definition) is 1. The number of fused-ring (bicyclic) bond motifs is 1. The van der Waals surface area contributed by atoms with E-state index < -0.39 is 0 Å². The predicted octanol–water partition coefficient (Wildman–Crippen LogP) is 6.06. The van der Waals surface area contributed by atoms with Gasteiger partial charge in [0.15, 0.2) is 5.78 Å². The number of ketones is 1. The number of carbonyl (C=O) groups excluding carboxylic acids is 1. The number of benzene rings is 2. The first-order valence-electron chi connectivity index (χ1n) is 8.37. The highest BCUT2D eigenvalue weighted by Gasteiger charge is 2.24. The Morgan fingerprint density at radius 2 is 1.83 bits per heavy atom. The zero-order valence-corrected chi connectivity index (χ0v) is 14.4. The second-order valence-corrected chi connectivity index (χ2v) is 7.28. The molecule has 2 aromatic carbocycles. The second-order valence-electron chi connectivity index (χ2n) is 7.28. The van der Waals surface area contributed by atoms with Gasteiger partial charge in [-0.15, -0.1) is 0 Å². The number of allylic oxidation sites excluding steroid dienone is 4. The zero-order chi connectivity index (χ0) is 16.6. The van der Waals surface area contributed by atoms with E-state index in [1.165, 1.54) is 5.57 Å². The largest absolute Gasteiger partial charge is 0.294 e. The van der Waals surface area contributed by atoms with Gasteiger partial charge in [-0.05, 0) is 27.3 Å². The van der Waals surface area contributed by atoms with E-state index in [-0.39, 0.29) is 17.1 Å². The number of Topliss-reactive ketones (excluding diaryl/α,β-unsaturated/α-hetero) is 1. The topological polar surface area (TPSA) is 17.1 Å². The first-order chi connectivity index (χ1) is 10.9. The molecule has 1 nitrogen and oxygen atoms in total. The van der Waals surface area contributed by atoms with Gasteiger partial charge in [-0.3, -0.25) is 4.79 Å². The SMILES string of the molecule is CCC(=O)c1c(C2C=CC(C(C)(C)C)=C2)ccc2ccccc12. The van der Waals surface area contributed by atoms with Gasteiger partial charge in [0.25, 0.3) is 0 Å². The van der Waals surface area contributed by atoms with Crippen LogP contribution in [0.3, 0.4) is 0 Å². The van der Waals surface area contributed by atoms with E-state index in [1.807, 2.05) is 19.1 Å². The number of carbonyl (C=O) groups is 1. The van der Waals surface area contributed by atoms with E-state index in [0.717, 1.165) is 21.9 Å². The lowest BCUT2D eigenvalue weighted by molar-refractivity contribution is 0.0989. The summed E-state index contributed by atoms with van der Waals surface area (Å²) in [6.07, 6.45) is 7.26. The Labute approximate surface area is 138 Å². The maximum absolute atomic E-state index is 12.6. The molecule has 2 aromatic rings. The van der Waals surface area contributed by atoms with Crippen LogP contribution in [-0.2, 0) is 0 Å². The Morgan fingerprint density at radius 1 is 1.09 bits per heavy atom. The van der Waals surface area contributed by atoms with Gasteiger partial charge in [-0.25, -0.2) is 0 Å². The van der Waals surface area contributed by atoms with Crippen molar-refractivity contribution in [1.29, 1.82) is 0 Å². The van der Waals surface area contributed by atoms with Crippen molar-refractivity contribution in [3.8, 4) is 0 Å². The fourth-order valence-corrected chi connectivity index (χ4v) is 3.26. The maximum Gasteiger partial charge on any atom is 0.163 e. The van der Waals surface area contributed by atoms with Gasteiger partial charge in [-0.2, -0.15) is 0 Å². The molecule has 0 heterocycles. The van der Waals surface area contributed by atoms with E-state index in [1.54, 1.807) is 0 Å². The molecule has 0 amide bonds. The van der Waals surface area contributed by atoms with Crippen molar-refractivity contribution >= 4 is 16.6 Å². The third-order valence-corrected chi connectivity index (χ3v) is 4.63. The molecule has 0 bridgehead atoms. The van der Waals surface area contributed by atoms with Crippen molar-refractivity contribution in [1.82, 2.24) is 0 Å². The Hall–Kier alpha value is -2.15. The third kappa shape index (κ3) is 2.88. The molecular weight excluding hydrogens is 280 g/mol. The Bertz CT molecular complexity index is 815. The van der Waals surface area contributed by atoms with Gasteiger partial charge in [0.1, 0.15) is 0 Å². The van der Waals surface area contributed by atoms with E-state index in [4.69, 9.17) is 0 Å². The average Bonchev–Trinajstić information content (AvgIpc) is 3.03. The molecule has 23 heavy (non-hydrogen) atoms. The summed E-state index contributed by atoms with van der Waals surface area (Å²) in [5.74, 6) is 0.419. The summed E-state index contributed by atoms with van der Waals surface area (Å²) in [5, 5.41) is 2.21. The minimum atomic E-state index is 0.136. The molecule has 0 radical (unpaired) electrons. The van der Waals surface area contributed by atoms with Crippen LogP contribution in [0.25, 0.3) is 10.8 Å². The van der Waals surface area contributed by atoms with E-state index in [2.05, 4.69) is 63.3 Å². The summed E-state index contributed by atoms with van der Waals surface area (Å²) in [6, 6.07) is 12.4. The fraction of sp³-hybridized carbons (Fsp3) is 0.318. The molecule has 1 atom stereocenters. The summed E-state index contributed by atoms with van der Waals surface area (Å²) in [6.45, 7) is 8.62. The molecule has 1 aliphatic rings. The van der Waals surface area contributed by atoms with Gasteiger partial charge in [-0.1, -0.05) is 82.3 Å². The van der Waals surface area contributed by atoms with Crippen LogP contribution >= 0.6 is 0 Å². The van der Waals surface area contributed by atoms with Crippen LogP contribution in [0.4, 0.5) is 0 Å². The van der Waals surface area contributed by atoms with Gasteiger partial charge in [0.2, 0.25) is 0 Å². The normalized spacial score (nSPS) is 17.6. The van der Waals surface area contributed by atoms with Crippen LogP contribution in [0, 0.1) is 5.41 Å². The molecule has 0 saturated carbocycles. The Balaban J connectivity index is 2.17. The highest BCUT2D eigenvalue weighted by molar-refractivity contribution is 6.09. The summed E-state index contributed by atoms with van der Waals surface area (Å²) in [5.41, 5.74) is 3.50. The fourth-order valence-electron chi connectivity index (χ4n) is 3.26. The van der Waals surface area contributed by atoms with E-state index in [9.17, 15) is 4.79 Å². The summed E-state index contributed by atoms with van der Waals surface area (Å²) >= 11 is 0. The molecule has 0 N–H and O–H groups in total. The van der Waals surface area contributed by atoms with Crippen molar-refractivity contribution < 1.29 is 4.79 Å². The zero-order valence-electron chi connectivity index (χ0n) is 14.4. The lowest BCUT2D eigenvalue weighted by atomic mass is 9.85. The number of hydrogen-bond donors (Lipinski definition) is 0. The monoisotopic (exact) mass is 304 g/mol. The highest BCUT2D eigenvalue weighted by atomic mass is 16.1. The first kappa shape index (κ1) is 15.7. The molecule has 0 saturated heterocycles. The quantitative estimate of drug-likeness (QED) is 0.630. The second kappa shape index (κ2) is 5.81. The Kier molecular flexibility index (Phi) is 3.97. The van der Waals surface area contributed by atoms with Crippen LogP contribution in [0.1, 0.15) is 56.0 Å². The molecule has 118 valence electrons. The summed E-state index contributed by atoms with van der Waals surface area (Å²) in [7, 11) is 0. The smallest absolute Gasteiger partial charge is 0.163 e. The molecule has 0 aliphatic heterocycles. The van der Waals surface area contributed by atoms with Gasteiger partial charge in [0, 0.05) is 17.9 Å². The maximum atomic E-state index is 12.6. The standard InChI is InChI=1S/C22H24O/c1-5-20(23)21-18-9-7-6-8-15(18)11-13-19(21)16-10-12-17(14-16)22(2,3)4/h6-14,16H,5H2,1-4H3. The molecule has 1 unspecified atom stereocenters. The molecule has 0 spiro atoms. The van der Waals surface area contributed by atoms with Crippen LogP contribution < -0.4 is 0 Å². The molecule has 1 heteroatoms.